The number of hydrogen-bond donors (Lipinski definition) is 1. The first-order valence-electron chi connectivity index (χ1n) is 9.31. The van der Waals surface area contributed by atoms with Crippen molar-refractivity contribution in [2.24, 2.45) is 5.73 Å². The summed E-state index contributed by atoms with van der Waals surface area (Å²) >= 11 is 0. The van der Waals surface area contributed by atoms with Crippen molar-refractivity contribution >= 4 is 16.7 Å². The van der Waals surface area contributed by atoms with Gasteiger partial charge in [-0.15, -0.1) is 0 Å². The van der Waals surface area contributed by atoms with Gasteiger partial charge in [0.1, 0.15) is 0 Å². The molecule has 2 heterocycles. The second kappa shape index (κ2) is 7.72. The SMILES string of the molecule is N[C@@H](Cc1cccc2ccccc12)C(=O)N1CC=CCC1c1cccnc1. The number of aromatic nitrogens is 1. The van der Waals surface area contributed by atoms with Gasteiger partial charge in [-0.05, 0) is 40.8 Å². The molecular weight excluding hydrogens is 334 g/mol. The van der Waals surface area contributed by atoms with Gasteiger partial charge in [0.15, 0.2) is 0 Å². The number of amides is 1. The van der Waals surface area contributed by atoms with Crippen molar-refractivity contribution in [3.8, 4) is 0 Å². The first-order valence-corrected chi connectivity index (χ1v) is 9.31. The minimum atomic E-state index is -0.568. The average Bonchev–Trinajstić information content (AvgIpc) is 2.74. The van der Waals surface area contributed by atoms with Crippen LogP contribution in [0.4, 0.5) is 0 Å². The summed E-state index contributed by atoms with van der Waals surface area (Å²) in [7, 11) is 0. The van der Waals surface area contributed by atoms with Crippen molar-refractivity contribution in [3.05, 3.63) is 90.3 Å². The van der Waals surface area contributed by atoms with Crippen molar-refractivity contribution in [2.45, 2.75) is 24.9 Å². The molecule has 2 N–H and O–H groups in total. The number of carbonyl (C=O) groups is 1. The molecule has 0 aliphatic carbocycles. The van der Waals surface area contributed by atoms with Crippen LogP contribution in [0.3, 0.4) is 0 Å². The van der Waals surface area contributed by atoms with Gasteiger partial charge in [-0.3, -0.25) is 9.78 Å². The molecule has 0 saturated heterocycles. The van der Waals surface area contributed by atoms with Crippen molar-refractivity contribution < 1.29 is 4.79 Å². The Balaban J connectivity index is 1.56. The Kier molecular flexibility index (Phi) is 4.99. The molecule has 0 saturated carbocycles. The molecule has 3 aromatic rings. The Hall–Kier alpha value is -2.98. The molecule has 2 atom stereocenters. The maximum absolute atomic E-state index is 13.2. The van der Waals surface area contributed by atoms with Crippen LogP contribution in [0, 0.1) is 0 Å². The maximum atomic E-state index is 13.2. The van der Waals surface area contributed by atoms with E-state index in [1.807, 2.05) is 47.5 Å². The van der Waals surface area contributed by atoms with Gasteiger partial charge in [-0.2, -0.15) is 0 Å². The molecule has 0 fully saturated rings. The van der Waals surface area contributed by atoms with Gasteiger partial charge >= 0.3 is 0 Å². The summed E-state index contributed by atoms with van der Waals surface area (Å²) < 4.78 is 0. The Morgan fingerprint density at radius 1 is 1.11 bits per heavy atom. The van der Waals surface area contributed by atoms with Crippen LogP contribution in [-0.2, 0) is 11.2 Å². The van der Waals surface area contributed by atoms with Crippen LogP contribution in [0.5, 0.6) is 0 Å². The smallest absolute Gasteiger partial charge is 0.240 e. The predicted octanol–water partition coefficient (Wildman–Crippen LogP) is 3.63. The van der Waals surface area contributed by atoms with E-state index in [0.29, 0.717) is 13.0 Å². The van der Waals surface area contributed by atoms with Crippen LogP contribution in [0.25, 0.3) is 10.8 Å². The molecule has 0 radical (unpaired) electrons. The Bertz CT molecular complexity index is 962. The third-order valence-electron chi connectivity index (χ3n) is 5.19. The first kappa shape index (κ1) is 17.4. The van der Waals surface area contributed by atoms with Crippen LogP contribution in [0.1, 0.15) is 23.6 Å². The van der Waals surface area contributed by atoms with E-state index in [1.54, 1.807) is 6.20 Å². The molecule has 4 heteroatoms. The lowest BCUT2D eigenvalue weighted by molar-refractivity contribution is -0.134. The first-order chi connectivity index (χ1) is 13.2. The fraction of sp³-hybridized carbons (Fsp3) is 0.217. The molecule has 4 nitrogen and oxygen atoms in total. The van der Waals surface area contributed by atoms with Gasteiger partial charge in [0.2, 0.25) is 5.91 Å². The summed E-state index contributed by atoms with van der Waals surface area (Å²) in [6.07, 6.45) is 9.06. The predicted molar refractivity (Wildman–Crippen MR) is 108 cm³/mol. The summed E-state index contributed by atoms with van der Waals surface area (Å²) in [5.74, 6) is -0.0128. The molecule has 1 aliphatic rings. The standard InChI is InChI=1S/C23H23N3O/c24-21(15-18-9-5-8-17-7-1-2-11-20(17)18)23(27)26-14-4-3-12-22(26)19-10-6-13-25-16-19/h1-11,13,16,21-22H,12,14-15,24H2/t21-,22?/m0/s1. The minimum Gasteiger partial charge on any atom is -0.330 e. The topological polar surface area (TPSA) is 59.2 Å². The fourth-order valence-corrected chi connectivity index (χ4v) is 3.81. The third-order valence-corrected chi connectivity index (χ3v) is 5.19. The van der Waals surface area contributed by atoms with Crippen molar-refractivity contribution in [1.82, 2.24) is 9.88 Å². The van der Waals surface area contributed by atoms with E-state index in [9.17, 15) is 4.79 Å². The van der Waals surface area contributed by atoms with Crippen molar-refractivity contribution in [1.29, 1.82) is 0 Å². The molecule has 1 aliphatic heterocycles. The van der Waals surface area contributed by atoms with E-state index in [0.717, 1.165) is 22.9 Å². The van der Waals surface area contributed by atoms with Crippen LogP contribution >= 0.6 is 0 Å². The third kappa shape index (κ3) is 3.62. The Labute approximate surface area is 159 Å². The van der Waals surface area contributed by atoms with E-state index in [2.05, 4.69) is 35.3 Å². The van der Waals surface area contributed by atoms with E-state index in [1.165, 1.54) is 5.39 Å². The van der Waals surface area contributed by atoms with Crippen LogP contribution < -0.4 is 5.73 Å². The normalized spacial score (nSPS) is 17.8. The number of nitrogens with two attached hydrogens (primary N) is 1. The zero-order valence-corrected chi connectivity index (χ0v) is 15.2. The monoisotopic (exact) mass is 357 g/mol. The highest BCUT2D eigenvalue weighted by molar-refractivity contribution is 5.87. The second-order valence-electron chi connectivity index (χ2n) is 6.95. The number of nitrogens with zero attached hydrogens (tertiary/aromatic N) is 2. The number of pyridine rings is 1. The lowest BCUT2D eigenvalue weighted by atomic mass is 9.96. The second-order valence-corrected chi connectivity index (χ2v) is 6.95. The summed E-state index contributed by atoms with van der Waals surface area (Å²) in [6.45, 7) is 0.585. The van der Waals surface area contributed by atoms with Gasteiger partial charge in [0.05, 0.1) is 12.1 Å². The number of fused-ring (bicyclic) bond motifs is 1. The zero-order chi connectivity index (χ0) is 18.6. The van der Waals surface area contributed by atoms with Gasteiger partial charge in [0.25, 0.3) is 0 Å². The van der Waals surface area contributed by atoms with Crippen LogP contribution in [0.2, 0.25) is 0 Å². The molecule has 0 spiro atoms. The Morgan fingerprint density at radius 3 is 2.81 bits per heavy atom. The number of hydrogen-bond acceptors (Lipinski definition) is 3. The van der Waals surface area contributed by atoms with E-state index < -0.39 is 6.04 Å². The van der Waals surface area contributed by atoms with Crippen molar-refractivity contribution in [2.75, 3.05) is 6.54 Å². The number of carbonyl (C=O) groups excluding carboxylic acids is 1. The minimum absolute atomic E-state index is 0.00484. The van der Waals surface area contributed by atoms with E-state index in [4.69, 9.17) is 5.73 Å². The lowest BCUT2D eigenvalue weighted by Crippen LogP contribution is -2.47. The van der Waals surface area contributed by atoms with Gasteiger partial charge < -0.3 is 10.6 Å². The summed E-state index contributed by atoms with van der Waals surface area (Å²) in [5.41, 5.74) is 8.54. The highest BCUT2D eigenvalue weighted by atomic mass is 16.2. The summed E-state index contributed by atoms with van der Waals surface area (Å²) in [5, 5.41) is 2.33. The summed E-state index contributed by atoms with van der Waals surface area (Å²) in [6, 6.07) is 17.7. The Morgan fingerprint density at radius 2 is 1.96 bits per heavy atom. The lowest BCUT2D eigenvalue weighted by Gasteiger charge is -2.35. The number of benzene rings is 2. The molecule has 1 aromatic heterocycles. The average molecular weight is 357 g/mol. The maximum Gasteiger partial charge on any atom is 0.240 e. The molecule has 4 rings (SSSR count). The van der Waals surface area contributed by atoms with E-state index in [-0.39, 0.29) is 11.9 Å². The highest BCUT2D eigenvalue weighted by Gasteiger charge is 2.29. The van der Waals surface area contributed by atoms with Gasteiger partial charge in [-0.25, -0.2) is 0 Å². The van der Waals surface area contributed by atoms with Crippen molar-refractivity contribution in [3.63, 3.8) is 0 Å². The zero-order valence-electron chi connectivity index (χ0n) is 15.2. The van der Waals surface area contributed by atoms with Gasteiger partial charge in [0, 0.05) is 18.9 Å². The molecule has 136 valence electrons. The van der Waals surface area contributed by atoms with Crippen LogP contribution in [-0.4, -0.2) is 28.4 Å². The molecule has 0 bridgehead atoms. The quantitative estimate of drug-likeness (QED) is 0.725. The summed E-state index contributed by atoms with van der Waals surface area (Å²) in [4.78, 5) is 19.3. The molecule has 1 amide bonds. The highest BCUT2D eigenvalue weighted by Crippen LogP contribution is 2.28. The van der Waals surface area contributed by atoms with E-state index >= 15 is 0 Å². The molecule has 1 unspecified atom stereocenters. The molecule has 27 heavy (non-hydrogen) atoms. The largest absolute Gasteiger partial charge is 0.330 e. The van der Waals surface area contributed by atoms with Gasteiger partial charge in [-0.1, -0.05) is 60.7 Å². The molecular formula is C23H23N3O. The molecule has 2 aromatic carbocycles. The number of rotatable bonds is 4. The van der Waals surface area contributed by atoms with Crippen LogP contribution in [0.15, 0.2) is 79.1 Å². The fourth-order valence-electron chi connectivity index (χ4n) is 3.81.